The first kappa shape index (κ1) is 11.9. The molecule has 0 spiro atoms. The van der Waals surface area contributed by atoms with E-state index in [2.05, 4.69) is 0 Å². The number of nitro groups is 1. The van der Waals surface area contributed by atoms with Gasteiger partial charge in [-0.15, -0.1) is 11.3 Å². The van der Waals surface area contributed by atoms with Crippen molar-refractivity contribution in [2.45, 2.75) is 12.3 Å². The molecular weight excluding hydrogens is 218 g/mol. The number of ether oxygens (including phenoxy) is 1. The molecule has 0 saturated carbocycles. The van der Waals surface area contributed by atoms with Crippen LogP contribution in [0, 0.1) is 10.1 Å². The first-order valence-electron chi connectivity index (χ1n) is 4.53. The predicted octanol–water partition coefficient (Wildman–Crippen LogP) is 1.50. The molecule has 6 heteroatoms. The zero-order valence-corrected chi connectivity index (χ0v) is 9.20. The third-order valence-electron chi connectivity index (χ3n) is 2.09. The molecule has 1 aromatic rings. The van der Waals surface area contributed by atoms with Gasteiger partial charge in [-0.1, -0.05) is 0 Å². The summed E-state index contributed by atoms with van der Waals surface area (Å²) in [6.45, 7) is -0.225. The first-order chi connectivity index (χ1) is 7.19. The fourth-order valence-electron chi connectivity index (χ4n) is 1.42. The normalized spacial score (nSPS) is 12.4. The van der Waals surface area contributed by atoms with Crippen molar-refractivity contribution in [2.75, 3.05) is 20.3 Å². The van der Waals surface area contributed by atoms with E-state index in [1.54, 1.807) is 6.07 Å². The van der Waals surface area contributed by atoms with E-state index >= 15 is 0 Å². The Hall–Kier alpha value is -1.14. The van der Waals surface area contributed by atoms with Crippen molar-refractivity contribution >= 4 is 11.3 Å². The first-order valence-corrected chi connectivity index (χ1v) is 5.41. The third kappa shape index (κ3) is 3.17. The SMILES string of the molecule is COc1ccsc1C(CCO)C[N+](=O)[O-]. The van der Waals surface area contributed by atoms with Crippen LogP contribution in [0.3, 0.4) is 0 Å². The number of aliphatic hydroxyl groups is 1. The average molecular weight is 231 g/mol. The van der Waals surface area contributed by atoms with Gasteiger partial charge in [0.2, 0.25) is 6.54 Å². The zero-order valence-electron chi connectivity index (χ0n) is 8.38. The second kappa shape index (κ2) is 5.67. The van der Waals surface area contributed by atoms with Gasteiger partial charge < -0.3 is 9.84 Å². The van der Waals surface area contributed by atoms with Crippen LogP contribution < -0.4 is 4.74 Å². The molecule has 1 aromatic heterocycles. The molecule has 1 rings (SSSR count). The van der Waals surface area contributed by atoms with E-state index in [0.29, 0.717) is 12.2 Å². The summed E-state index contributed by atoms with van der Waals surface area (Å²) in [5.41, 5.74) is 0. The Labute approximate surface area is 91.5 Å². The van der Waals surface area contributed by atoms with Gasteiger partial charge in [-0.05, 0) is 17.9 Å². The molecule has 0 bridgehead atoms. The van der Waals surface area contributed by atoms with Crippen molar-refractivity contribution in [3.8, 4) is 5.75 Å². The van der Waals surface area contributed by atoms with E-state index in [1.807, 2.05) is 5.38 Å². The van der Waals surface area contributed by atoms with Crippen molar-refractivity contribution in [3.05, 3.63) is 26.4 Å². The van der Waals surface area contributed by atoms with Gasteiger partial charge in [-0.3, -0.25) is 10.1 Å². The van der Waals surface area contributed by atoms with Crippen molar-refractivity contribution in [1.29, 1.82) is 0 Å². The molecule has 0 fully saturated rings. The van der Waals surface area contributed by atoms with E-state index in [4.69, 9.17) is 9.84 Å². The minimum atomic E-state index is -0.362. The molecular formula is C9H13NO4S. The molecule has 84 valence electrons. The quantitative estimate of drug-likeness (QED) is 0.594. The lowest BCUT2D eigenvalue weighted by atomic mass is 10.0. The highest BCUT2D eigenvalue weighted by molar-refractivity contribution is 7.10. The van der Waals surface area contributed by atoms with Crippen molar-refractivity contribution in [3.63, 3.8) is 0 Å². The van der Waals surface area contributed by atoms with Gasteiger partial charge in [0.05, 0.1) is 17.9 Å². The molecule has 0 aliphatic rings. The van der Waals surface area contributed by atoms with Crippen LogP contribution in [-0.2, 0) is 0 Å². The smallest absolute Gasteiger partial charge is 0.211 e. The molecule has 1 heterocycles. The van der Waals surface area contributed by atoms with Crippen LogP contribution in [0.2, 0.25) is 0 Å². The number of methoxy groups -OCH3 is 1. The Morgan fingerprint density at radius 3 is 3.00 bits per heavy atom. The molecule has 1 N–H and O–H groups in total. The maximum atomic E-state index is 10.5. The van der Waals surface area contributed by atoms with Crippen LogP contribution in [0.15, 0.2) is 11.4 Å². The van der Waals surface area contributed by atoms with E-state index in [9.17, 15) is 10.1 Å². The molecule has 0 amide bonds. The summed E-state index contributed by atoms with van der Waals surface area (Å²) in [5.74, 6) is 0.403. The van der Waals surface area contributed by atoms with Gasteiger partial charge in [0.1, 0.15) is 5.75 Å². The van der Waals surface area contributed by atoms with E-state index in [-0.39, 0.29) is 24.0 Å². The molecule has 15 heavy (non-hydrogen) atoms. The van der Waals surface area contributed by atoms with Gasteiger partial charge in [0, 0.05) is 11.5 Å². The van der Waals surface area contributed by atoms with E-state index in [1.165, 1.54) is 18.4 Å². The maximum Gasteiger partial charge on any atom is 0.211 e. The highest BCUT2D eigenvalue weighted by Crippen LogP contribution is 2.34. The summed E-state index contributed by atoms with van der Waals surface area (Å²) in [4.78, 5) is 10.9. The Morgan fingerprint density at radius 1 is 1.73 bits per heavy atom. The van der Waals surface area contributed by atoms with Crippen LogP contribution in [0.1, 0.15) is 17.2 Å². The van der Waals surface area contributed by atoms with Gasteiger partial charge in [-0.25, -0.2) is 0 Å². The van der Waals surface area contributed by atoms with Crippen LogP contribution in [0.5, 0.6) is 5.75 Å². The largest absolute Gasteiger partial charge is 0.496 e. The molecule has 0 aliphatic carbocycles. The van der Waals surface area contributed by atoms with Gasteiger partial charge in [-0.2, -0.15) is 0 Å². The Kier molecular flexibility index (Phi) is 4.51. The highest BCUT2D eigenvalue weighted by Gasteiger charge is 2.22. The lowest BCUT2D eigenvalue weighted by Crippen LogP contribution is -2.13. The standard InChI is InChI=1S/C9H13NO4S/c1-14-8-3-5-15-9(8)7(2-4-11)6-10(12)13/h3,5,7,11H,2,4,6H2,1H3. The number of nitrogens with zero attached hydrogens (tertiary/aromatic N) is 1. The average Bonchev–Trinajstić information content (AvgIpc) is 2.64. The fraction of sp³-hybridized carbons (Fsp3) is 0.556. The Balaban J connectivity index is 2.82. The molecule has 0 aliphatic heterocycles. The summed E-state index contributed by atoms with van der Waals surface area (Å²) in [6, 6.07) is 1.78. The maximum absolute atomic E-state index is 10.5. The Morgan fingerprint density at radius 2 is 2.47 bits per heavy atom. The summed E-state index contributed by atoms with van der Waals surface area (Å²) in [5, 5.41) is 21.2. The number of rotatable bonds is 6. The number of hydrogen-bond donors (Lipinski definition) is 1. The van der Waals surface area contributed by atoms with E-state index in [0.717, 1.165) is 4.88 Å². The van der Waals surface area contributed by atoms with Crippen LogP contribution in [-0.4, -0.2) is 30.3 Å². The number of aliphatic hydroxyl groups excluding tert-OH is 1. The third-order valence-corrected chi connectivity index (χ3v) is 3.16. The van der Waals surface area contributed by atoms with Crippen LogP contribution >= 0.6 is 11.3 Å². The predicted molar refractivity (Wildman–Crippen MR) is 57.2 cm³/mol. The van der Waals surface area contributed by atoms with E-state index < -0.39 is 0 Å². The highest BCUT2D eigenvalue weighted by atomic mass is 32.1. The fourth-order valence-corrected chi connectivity index (χ4v) is 2.41. The van der Waals surface area contributed by atoms with Crippen molar-refractivity contribution in [1.82, 2.24) is 0 Å². The number of hydrogen-bond acceptors (Lipinski definition) is 5. The molecule has 0 aromatic carbocycles. The second-order valence-corrected chi connectivity index (χ2v) is 4.03. The summed E-state index contributed by atoms with van der Waals surface area (Å²) >= 11 is 1.42. The van der Waals surface area contributed by atoms with Crippen LogP contribution in [0.4, 0.5) is 0 Å². The van der Waals surface area contributed by atoms with Gasteiger partial charge in [0.15, 0.2) is 0 Å². The van der Waals surface area contributed by atoms with Crippen molar-refractivity contribution < 1.29 is 14.8 Å². The minimum absolute atomic E-state index is 0.0560. The molecule has 1 atom stereocenters. The second-order valence-electron chi connectivity index (χ2n) is 3.08. The molecule has 0 radical (unpaired) electrons. The lowest BCUT2D eigenvalue weighted by molar-refractivity contribution is -0.483. The van der Waals surface area contributed by atoms with Crippen molar-refractivity contribution in [2.24, 2.45) is 0 Å². The summed E-state index contributed by atoms with van der Waals surface area (Å²) < 4.78 is 5.10. The molecule has 5 nitrogen and oxygen atoms in total. The van der Waals surface area contributed by atoms with Gasteiger partial charge in [0.25, 0.3) is 0 Å². The Bertz CT molecular complexity index is 326. The zero-order chi connectivity index (χ0) is 11.3. The van der Waals surface area contributed by atoms with Gasteiger partial charge >= 0.3 is 0 Å². The lowest BCUT2D eigenvalue weighted by Gasteiger charge is -2.11. The summed E-state index contributed by atoms with van der Waals surface area (Å²) in [6.07, 6.45) is 0.387. The molecule has 0 saturated heterocycles. The number of thiophene rings is 1. The summed E-state index contributed by atoms with van der Waals surface area (Å²) in [7, 11) is 1.54. The molecule has 1 unspecified atom stereocenters. The topological polar surface area (TPSA) is 72.6 Å². The monoisotopic (exact) mass is 231 g/mol. The van der Waals surface area contributed by atoms with Crippen LogP contribution in [0.25, 0.3) is 0 Å². The minimum Gasteiger partial charge on any atom is -0.496 e.